The van der Waals surface area contributed by atoms with Gasteiger partial charge in [0.1, 0.15) is 5.75 Å². The van der Waals surface area contributed by atoms with E-state index < -0.39 is 0 Å². The Balaban J connectivity index is 2.13. The van der Waals surface area contributed by atoms with Crippen LogP contribution >= 0.6 is 0 Å². The van der Waals surface area contributed by atoms with Crippen LogP contribution < -0.4 is 10.1 Å². The molecule has 5 heteroatoms. The maximum Gasteiger partial charge on any atom is 0.237 e. The molecule has 1 amide bonds. The first-order valence-corrected chi connectivity index (χ1v) is 7.20. The SMILES string of the molecule is COc1cc(C#N)ccc1CN(C)C1CCCCNC1=O. The Kier molecular flexibility index (Phi) is 5.18. The van der Waals surface area contributed by atoms with Crippen molar-refractivity contribution >= 4 is 5.91 Å². The molecule has 1 fully saturated rings. The highest BCUT2D eigenvalue weighted by Crippen LogP contribution is 2.23. The molecule has 0 saturated carbocycles. The lowest BCUT2D eigenvalue weighted by Gasteiger charge is -2.26. The lowest BCUT2D eigenvalue weighted by atomic mass is 10.1. The number of ether oxygens (including phenoxy) is 1. The summed E-state index contributed by atoms with van der Waals surface area (Å²) < 4.78 is 5.35. The molecule has 21 heavy (non-hydrogen) atoms. The monoisotopic (exact) mass is 287 g/mol. The third-order valence-electron chi connectivity index (χ3n) is 3.87. The number of rotatable bonds is 4. The van der Waals surface area contributed by atoms with Gasteiger partial charge in [-0.3, -0.25) is 9.69 Å². The molecule has 0 aromatic heterocycles. The van der Waals surface area contributed by atoms with E-state index in [2.05, 4.69) is 11.4 Å². The zero-order valence-corrected chi connectivity index (χ0v) is 12.6. The summed E-state index contributed by atoms with van der Waals surface area (Å²) in [6.07, 6.45) is 2.97. The summed E-state index contributed by atoms with van der Waals surface area (Å²) >= 11 is 0. The van der Waals surface area contributed by atoms with E-state index in [-0.39, 0.29) is 11.9 Å². The first-order valence-electron chi connectivity index (χ1n) is 7.20. The summed E-state index contributed by atoms with van der Waals surface area (Å²) in [6, 6.07) is 7.40. The molecule has 0 bridgehead atoms. The molecule has 1 heterocycles. The Hall–Kier alpha value is -2.06. The van der Waals surface area contributed by atoms with Gasteiger partial charge in [0.15, 0.2) is 0 Å². The molecule has 2 rings (SSSR count). The zero-order chi connectivity index (χ0) is 15.2. The van der Waals surface area contributed by atoms with Crippen LogP contribution in [0, 0.1) is 11.3 Å². The van der Waals surface area contributed by atoms with Crippen LogP contribution in [0.25, 0.3) is 0 Å². The molecule has 1 atom stereocenters. The van der Waals surface area contributed by atoms with Crippen LogP contribution in [0.5, 0.6) is 5.75 Å². The molecule has 1 aromatic rings. The molecular weight excluding hydrogens is 266 g/mol. The minimum atomic E-state index is -0.104. The Labute approximate surface area is 125 Å². The van der Waals surface area contributed by atoms with Crippen LogP contribution in [0.2, 0.25) is 0 Å². The first-order chi connectivity index (χ1) is 10.2. The molecule has 0 spiro atoms. The summed E-state index contributed by atoms with van der Waals surface area (Å²) in [5.41, 5.74) is 1.56. The van der Waals surface area contributed by atoms with Crippen molar-refractivity contribution in [3.05, 3.63) is 29.3 Å². The number of methoxy groups -OCH3 is 1. The van der Waals surface area contributed by atoms with E-state index in [1.165, 1.54) is 0 Å². The maximum atomic E-state index is 12.1. The molecule has 1 saturated heterocycles. The second kappa shape index (κ2) is 7.09. The number of carbonyl (C=O) groups is 1. The fraction of sp³-hybridized carbons (Fsp3) is 0.500. The number of likely N-dealkylation sites (N-methyl/N-ethyl adjacent to an activating group) is 1. The van der Waals surface area contributed by atoms with E-state index >= 15 is 0 Å². The van der Waals surface area contributed by atoms with Gasteiger partial charge in [0, 0.05) is 18.7 Å². The third-order valence-corrected chi connectivity index (χ3v) is 3.87. The molecule has 0 aliphatic carbocycles. The average Bonchev–Trinajstić information content (AvgIpc) is 2.72. The molecule has 1 N–H and O–H groups in total. The van der Waals surface area contributed by atoms with Crippen molar-refractivity contribution in [2.75, 3.05) is 20.7 Å². The van der Waals surface area contributed by atoms with E-state index in [0.29, 0.717) is 17.9 Å². The van der Waals surface area contributed by atoms with Gasteiger partial charge >= 0.3 is 0 Å². The van der Waals surface area contributed by atoms with Crippen molar-refractivity contribution in [1.82, 2.24) is 10.2 Å². The zero-order valence-electron chi connectivity index (χ0n) is 12.6. The van der Waals surface area contributed by atoms with Crippen molar-refractivity contribution in [2.45, 2.75) is 31.8 Å². The molecule has 112 valence electrons. The lowest BCUT2D eigenvalue weighted by molar-refractivity contribution is -0.125. The second-order valence-corrected chi connectivity index (χ2v) is 5.36. The molecule has 1 aliphatic rings. The molecule has 1 aliphatic heterocycles. The van der Waals surface area contributed by atoms with E-state index in [9.17, 15) is 4.79 Å². The van der Waals surface area contributed by atoms with Gasteiger partial charge in [-0.2, -0.15) is 5.26 Å². The Morgan fingerprint density at radius 3 is 3.00 bits per heavy atom. The minimum Gasteiger partial charge on any atom is -0.496 e. The van der Waals surface area contributed by atoms with Crippen molar-refractivity contribution in [3.8, 4) is 11.8 Å². The molecule has 1 unspecified atom stereocenters. The number of hydrogen-bond acceptors (Lipinski definition) is 4. The summed E-state index contributed by atoms with van der Waals surface area (Å²) in [5.74, 6) is 0.789. The Morgan fingerprint density at radius 2 is 2.29 bits per heavy atom. The predicted octanol–water partition coefficient (Wildman–Crippen LogP) is 1.67. The topological polar surface area (TPSA) is 65.4 Å². The van der Waals surface area contributed by atoms with Crippen LogP contribution in [-0.4, -0.2) is 37.6 Å². The van der Waals surface area contributed by atoms with E-state index in [0.717, 1.165) is 31.4 Å². The Bertz CT molecular complexity index is 551. The summed E-state index contributed by atoms with van der Waals surface area (Å²) in [5, 5.41) is 11.9. The number of carbonyl (C=O) groups excluding carboxylic acids is 1. The first kappa shape index (κ1) is 15.3. The Morgan fingerprint density at radius 1 is 1.48 bits per heavy atom. The number of nitrogens with zero attached hydrogens (tertiary/aromatic N) is 2. The van der Waals surface area contributed by atoms with Gasteiger partial charge in [-0.15, -0.1) is 0 Å². The van der Waals surface area contributed by atoms with Gasteiger partial charge in [-0.05, 0) is 38.4 Å². The predicted molar refractivity (Wildman–Crippen MR) is 79.8 cm³/mol. The lowest BCUT2D eigenvalue weighted by Crippen LogP contribution is -2.43. The van der Waals surface area contributed by atoms with Crippen molar-refractivity contribution in [1.29, 1.82) is 5.26 Å². The van der Waals surface area contributed by atoms with E-state index in [1.807, 2.05) is 18.0 Å². The average molecular weight is 287 g/mol. The van der Waals surface area contributed by atoms with Crippen molar-refractivity contribution in [2.24, 2.45) is 0 Å². The third kappa shape index (κ3) is 3.73. The number of amides is 1. The van der Waals surface area contributed by atoms with Crippen LogP contribution in [0.15, 0.2) is 18.2 Å². The van der Waals surface area contributed by atoms with Crippen LogP contribution in [0.1, 0.15) is 30.4 Å². The maximum absolute atomic E-state index is 12.1. The normalized spacial score (nSPS) is 18.8. The van der Waals surface area contributed by atoms with Crippen molar-refractivity contribution in [3.63, 3.8) is 0 Å². The summed E-state index contributed by atoms with van der Waals surface area (Å²) in [4.78, 5) is 14.1. The van der Waals surface area contributed by atoms with Crippen LogP contribution in [0.3, 0.4) is 0 Å². The second-order valence-electron chi connectivity index (χ2n) is 5.36. The quantitative estimate of drug-likeness (QED) is 0.915. The molecule has 5 nitrogen and oxygen atoms in total. The van der Waals surface area contributed by atoms with Crippen LogP contribution in [-0.2, 0) is 11.3 Å². The van der Waals surface area contributed by atoms with Gasteiger partial charge in [-0.25, -0.2) is 0 Å². The molecule has 1 aromatic carbocycles. The largest absolute Gasteiger partial charge is 0.496 e. The number of benzene rings is 1. The van der Waals surface area contributed by atoms with Gasteiger partial charge < -0.3 is 10.1 Å². The summed E-state index contributed by atoms with van der Waals surface area (Å²) in [6.45, 7) is 1.39. The fourth-order valence-electron chi connectivity index (χ4n) is 2.67. The van der Waals surface area contributed by atoms with Gasteiger partial charge in [0.2, 0.25) is 5.91 Å². The number of nitriles is 1. The minimum absolute atomic E-state index is 0.0996. The van der Waals surface area contributed by atoms with Gasteiger partial charge in [0.25, 0.3) is 0 Å². The smallest absolute Gasteiger partial charge is 0.237 e. The van der Waals surface area contributed by atoms with Crippen molar-refractivity contribution < 1.29 is 9.53 Å². The number of nitrogens with one attached hydrogen (secondary N) is 1. The van der Waals surface area contributed by atoms with E-state index in [1.54, 1.807) is 19.2 Å². The fourth-order valence-corrected chi connectivity index (χ4v) is 2.67. The molecular formula is C16H21N3O2. The standard InChI is InChI=1S/C16H21N3O2/c1-19(14-5-3-4-8-18-16(14)20)11-13-7-6-12(10-17)9-15(13)21-2/h6-7,9,14H,3-5,8,11H2,1-2H3,(H,18,20). The van der Waals surface area contributed by atoms with Crippen LogP contribution in [0.4, 0.5) is 0 Å². The van der Waals surface area contributed by atoms with Gasteiger partial charge in [-0.1, -0.05) is 6.07 Å². The summed E-state index contributed by atoms with van der Waals surface area (Å²) in [7, 11) is 3.55. The molecule has 0 radical (unpaired) electrons. The van der Waals surface area contributed by atoms with Gasteiger partial charge in [0.05, 0.1) is 24.8 Å². The highest BCUT2D eigenvalue weighted by molar-refractivity contribution is 5.81. The number of hydrogen-bond donors (Lipinski definition) is 1. The van der Waals surface area contributed by atoms with E-state index in [4.69, 9.17) is 10.00 Å². The highest BCUT2D eigenvalue weighted by atomic mass is 16.5. The highest BCUT2D eigenvalue weighted by Gasteiger charge is 2.25.